The highest BCUT2D eigenvalue weighted by molar-refractivity contribution is 8.85. The minimum atomic E-state index is -2.69. The standard InChI is InChI=1S/C6H15O2PS3/c1-4-8-9(7,10)12-6(3)11-5-2/h6H,4-5H2,1-3H3,(H,7,10)/t6-,9?/m0/s1. The lowest BCUT2D eigenvalue weighted by Crippen LogP contribution is -1.90. The summed E-state index contributed by atoms with van der Waals surface area (Å²) in [5.41, 5.74) is 0. The van der Waals surface area contributed by atoms with Crippen LogP contribution >= 0.6 is 41.2 Å². The normalized spacial score (nSPS) is 18.7. The second-order valence-electron chi connectivity index (χ2n) is 2.01. The molecule has 0 bridgehead atoms. The maximum Gasteiger partial charge on any atom is 0.311 e. The van der Waals surface area contributed by atoms with Crippen LogP contribution in [0.2, 0.25) is 0 Å². The van der Waals surface area contributed by atoms with Crippen molar-refractivity contribution in [1.82, 2.24) is 0 Å². The first kappa shape index (κ1) is 13.2. The molecule has 0 spiro atoms. The van der Waals surface area contributed by atoms with Gasteiger partial charge in [0, 0.05) is 0 Å². The molecule has 0 fully saturated rings. The number of rotatable bonds is 6. The van der Waals surface area contributed by atoms with Crippen molar-refractivity contribution in [2.24, 2.45) is 0 Å². The first-order valence-corrected chi connectivity index (χ1v) is 9.10. The second-order valence-corrected chi connectivity index (χ2v) is 10.5. The summed E-state index contributed by atoms with van der Waals surface area (Å²) in [5, 5.41) is 0. The Morgan fingerprint density at radius 2 is 2.17 bits per heavy atom. The molecule has 1 unspecified atom stereocenters. The Morgan fingerprint density at radius 1 is 1.58 bits per heavy atom. The molecular formula is C6H15O2PS3. The topological polar surface area (TPSA) is 26.3 Å². The molecule has 0 saturated carbocycles. The largest absolute Gasteiger partial charge is 0.314 e. The average Bonchev–Trinajstić information content (AvgIpc) is 1.85. The summed E-state index contributed by atoms with van der Waals surface area (Å²) >= 11 is 7.04. The molecule has 0 aliphatic rings. The number of thioether (sulfide) groups is 1. The quantitative estimate of drug-likeness (QED) is 0.437. The predicted octanol–water partition coefficient (Wildman–Crippen LogP) is 3.89. The van der Waals surface area contributed by atoms with Crippen molar-refractivity contribution in [3.63, 3.8) is 0 Å². The molecule has 0 aromatic carbocycles. The molecule has 2 atom stereocenters. The first-order chi connectivity index (χ1) is 5.52. The fraction of sp³-hybridized carbons (Fsp3) is 1.00. The summed E-state index contributed by atoms with van der Waals surface area (Å²) in [6.07, 6.45) is 0. The van der Waals surface area contributed by atoms with Crippen LogP contribution in [0.15, 0.2) is 0 Å². The zero-order valence-corrected chi connectivity index (χ0v) is 10.9. The Hall–Kier alpha value is 1.24. The highest BCUT2D eigenvalue weighted by Crippen LogP contribution is 2.66. The molecular weight excluding hydrogens is 231 g/mol. The Kier molecular flexibility index (Phi) is 7.35. The van der Waals surface area contributed by atoms with Crippen LogP contribution in [0.4, 0.5) is 0 Å². The number of hydrogen-bond donors (Lipinski definition) is 1. The van der Waals surface area contributed by atoms with E-state index >= 15 is 0 Å². The number of hydrogen-bond acceptors (Lipinski definition) is 4. The molecule has 0 aromatic heterocycles. The van der Waals surface area contributed by atoms with Gasteiger partial charge in [-0.05, 0) is 31.0 Å². The van der Waals surface area contributed by atoms with E-state index in [4.69, 9.17) is 4.52 Å². The van der Waals surface area contributed by atoms with Crippen LogP contribution in [0.1, 0.15) is 20.8 Å². The van der Waals surface area contributed by atoms with Gasteiger partial charge in [0.2, 0.25) is 0 Å². The smallest absolute Gasteiger partial charge is 0.311 e. The third-order valence-corrected chi connectivity index (χ3v) is 7.31. The molecule has 0 saturated heterocycles. The van der Waals surface area contributed by atoms with Crippen LogP contribution < -0.4 is 0 Å². The molecule has 6 heteroatoms. The van der Waals surface area contributed by atoms with Crippen molar-refractivity contribution in [2.45, 2.75) is 25.4 Å². The van der Waals surface area contributed by atoms with Gasteiger partial charge in [0.25, 0.3) is 0 Å². The van der Waals surface area contributed by atoms with Crippen molar-refractivity contribution >= 4 is 41.2 Å². The van der Waals surface area contributed by atoms with Gasteiger partial charge in [0.15, 0.2) is 0 Å². The molecule has 2 nitrogen and oxygen atoms in total. The van der Waals surface area contributed by atoms with E-state index in [9.17, 15) is 4.57 Å². The van der Waals surface area contributed by atoms with Gasteiger partial charge >= 0.3 is 5.77 Å². The maximum absolute atomic E-state index is 11.5. The Labute approximate surface area is 88.0 Å². The van der Waals surface area contributed by atoms with Crippen LogP contribution in [0, 0.1) is 0 Å². The SMILES string of the molecule is CCOP(=O)(S)S[C@@H](C)SCC. The fourth-order valence-electron chi connectivity index (χ4n) is 0.646. The van der Waals surface area contributed by atoms with Crippen LogP contribution in [0.3, 0.4) is 0 Å². The third kappa shape index (κ3) is 6.72. The zero-order valence-electron chi connectivity index (χ0n) is 7.52. The van der Waals surface area contributed by atoms with E-state index in [1.165, 1.54) is 11.4 Å². The van der Waals surface area contributed by atoms with E-state index in [-0.39, 0.29) is 4.58 Å². The maximum atomic E-state index is 11.5. The van der Waals surface area contributed by atoms with Gasteiger partial charge in [-0.3, -0.25) is 4.57 Å². The van der Waals surface area contributed by atoms with E-state index in [2.05, 4.69) is 19.2 Å². The highest BCUT2D eigenvalue weighted by Gasteiger charge is 2.21. The molecule has 0 heterocycles. The molecule has 0 aliphatic heterocycles. The summed E-state index contributed by atoms with van der Waals surface area (Å²) in [6.45, 7) is 6.37. The van der Waals surface area contributed by atoms with Gasteiger partial charge in [0.05, 0.1) is 11.2 Å². The van der Waals surface area contributed by atoms with E-state index in [1.54, 1.807) is 11.8 Å². The zero-order chi connectivity index (χ0) is 9.61. The van der Waals surface area contributed by atoms with Gasteiger partial charge in [-0.25, -0.2) is 0 Å². The molecule has 74 valence electrons. The van der Waals surface area contributed by atoms with Crippen LogP contribution in [-0.4, -0.2) is 16.9 Å². The monoisotopic (exact) mass is 246 g/mol. The lowest BCUT2D eigenvalue weighted by molar-refractivity contribution is 0.358. The predicted molar refractivity (Wildman–Crippen MR) is 63.4 cm³/mol. The summed E-state index contributed by atoms with van der Waals surface area (Å²) in [7, 11) is 0. The molecule has 0 amide bonds. The third-order valence-electron chi connectivity index (χ3n) is 0.975. The van der Waals surface area contributed by atoms with Gasteiger partial charge in [-0.1, -0.05) is 19.2 Å². The van der Waals surface area contributed by atoms with Crippen molar-refractivity contribution in [1.29, 1.82) is 0 Å². The minimum absolute atomic E-state index is 0.282. The van der Waals surface area contributed by atoms with Crippen LogP contribution in [-0.2, 0) is 9.09 Å². The van der Waals surface area contributed by atoms with E-state index in [0.29, 0.717) is 6.61 Å². The molecule has 0 aliphatic carbocycles. The van der Waals surface area contributed by atoms with E-state index < -0.39 is 5.77 Å². The first-order valence-electron chi connectivity index (χ1n) is 3.79. The second kappa shape index (κ2) is 6.66. The Balaban J connectivity index is 3.79. The Bertz CT molecular complexity index is 165. The summed E-state index contributed by atoms with van der Waals surface area (Å²) in [6, 6.07) is 0. The molecule has 0 rings (SSSR count). The van der Waals surface area contributed by atoms with Gasteiger partial charge < -0.3 is 4.52 Å². The van der Waals surface area contributed by atoms with Gasteiger partial charge in [-0.2, -0.15) is 0 Å². The van der Waals surface area contributed by atoms with Crippen molar-refractivity contribution in [2.75, 3.05) is 12.4 Å². The minimum Gasteiger partial charge on any atom is -0.314 e. The van der Waals surface area contributed by atoms with Crippen LogP contribution in [0.25, 0.3) is 0 Å². The molecule has 12 heavy (non-hydrogen) atoms. The van der Waals surface area contributed by atoms with Crippen molar-refractivity contribution in [3.05, 3.63) is 0 Å². The lowest BCUT2D eigenvalue weighted by atomic mass is 10.9. The average molecular weight is 246 g/mol. The van der Waals surface area contributed by atoms with Gasteiger partial charge in [0.1, 0.15) is 0 Å². The van der Waals surface area contributed by atoms with E-state index in [0.717, 1.165) is 5.75 Å². The number of thiol groups is 1. The lowest BCUT2D eigenvalue weighted by Gasteiger charge is -2.14. The molecule has 0 N–H and O–H groups in total. The molecule has 0 radical (unpaired) electrons. The summed E-state index contributed by atoms with van der Waals surface area (Å²) < 4.78 is 16.8. The summed E-state index contributed by atoms with van der Waals surface area (Å²) in [5.74, 6) is -1.67. The van der Waals surface area contributed by atoms with Crippen molar-refractivity contribution in [3.8, 4) is 0 Å². The van der Waals surface area contributed by atoms with Crippen LogP contribution in [0.5, 0.6) is 0 Å². The Morgan fingerprint density at radius 3 is 2.58 bits per heavy atom. The summed E-state index contributed by atoms with van der Waals surface area (Å²) in [4.78, 5) is 0. The van der Waals surface area contributed by atoms with Gasteiger partial charge in [-0.15, -0.1) is 11.8 Å². The van der Waals surface area contributed by atoms with E-state index in [1.807, 2.05) is 13.8 Å². The highest BCUT2D eigenvalue weighted by atomic mass is 33.1. The fourth-order valence-corrected chi connectivity index (χ4v) is 7.91. The van der Waals surface area contributed by atoms with Crippen molar-refractivity contribution < 1.29 is 9.09 Å². The molecule has 0 aromatic rings.